The molecule has 1 aliphatic rings. The van der Waals surface area contributed by atoms with E-state index < -0.39 is 11.6 Å². The van der Waals surface area contributed by atoms with Gasteiger partial charge in [-0.3, -0.25) is 9.59 Å². The molecule has 1 fully saturated rings. The third-order valence-corrected chi connectivity index (χ3v) is 5.03. The molecule has 1 aliphatic heterocycles. The Hall–Kier alpha value is -3.22. The number of aromatic amines is 1. The van der Waals surface area contributed by atoms with Gasteiger partial charge in [0.2, 0.25) is 0 Å². The second kappa shape index (κ2) is 7.07. The van der Waals surface area contributed by atoms with Gasteiger partial charge < -0.3 is 14.8 Å². The largest absolute Gasteiger partial charge is 0.351 e. The van der Waals surface area contributed by atoms with Crippen molar-refractivity contribution in [2.75, 3.05) is 26.2 Å². The molecule has 0 spiro atoms. The first-order chi connectivity index (χ1) is 13.4. The van der Waals surface area contributed by atoms with Crippen molar-refractivity contribution in [2.45, 2.75) is 6.92 Å². The van der Waals surface area contributed by atoms with E-state index in [1.54, 1.807) is 9.80 Å². The van der Waals surface area contributed by atoms with Crippen molar-refractivity contribution >= 4 is 22.7 Å². The molecule has 3 aromatic rings. The summed E-state index contributed by atoms with van der Waals surface area (Å²) in [6.45, 7) is 3.42. The van der Waals surface area contributed by atoms with Gasteiger partial charge in [0.15, 0.2) is 11.6 Å². The van der Waals surface area contributed by atoms with Gasteiger partial charge in [-0.2, -0.15) is 0 Å². The van der Waals surface area contributed by atoms with E-state index in [0.717, 1.165) is 28.6 Å². The van der Waals surface area contributed by atoms with Crippen LogP contribution in [0.1, 0.15) is 26.4 Å². The number of hydrogen-bond acceptors (Lipinski definition) is 2. The number of piperazine rings is 1. The highest BCUT2D eigenvalue weighted by Gasteiger charge is 2.26. The first-order valence-corrected chi connectivity index (χ1v) is 9.05. The maximum atomic E-state index is 13.4. The number of rotatable bonds is 2. The number of carbonyl (C=O) groups is 2. The zero-order valence-electron chi connectivity index (χ0n) is 15.3. The summed E-state index contributed by atoms with van der Waals surface area (Å²) in [5, 5.41) is 0.973. The number of hydrogen-bond donors (Lipinski definition) is 1. The van der Waals surface area contributed by atoms with E-state index in [4.69, 9.17) is 0 Å². The average molecular weight is 383 g/mol. The standard InChI is InChI=1S/C21H19F2N3O2/c1-13-2-3-14-12-19(24-18(14)10-13)21(28)26-8-6-25(7-9-26)20(27)15-4-5-16(22)17(23)11-15/h2-5,10-12,24H,6-9H2,1H3. The van der Waals surface area contributed by atoms with E-state index in [2.05, 4.69) is 4.98 Å². The first kappa shape index (κ1) is 18.2. The van der Waals surface area contributed by atoms with Crippen molar-refractivity contribution in [3.63, 3.8) is 0 Å². The molecule has 2 aromatic carbocycles. The van der Waals surface area contributed by atoms with Crippen LogP contribution in [0.25, 0.3) is 10.9 Å². The molecule has 0 unspecified atom stereocenters. The SMILES string of the molecule is Cc1ccc2cc(C(=O)N3CCN(C(=O)c4ccc(F)c(F)c4)CC3)[nH]c2c1. The predicted octanol–water partition coefficient (Wildman–Crippen LogP) is 3.35. The molecule has 144 valence electrons. The Balaban J connectivity index is 1.43. The molecule has 1 saturated heterocycles. The average Bonchev–Trinajstić information content (AvgIpc) is 3.12. The molecule has 1 N–H and O–H groups in total. The summed E-state index contributed by atoms with van der Waals surface area (Å²) in [4.78, 5) is 31.7. The van der Waals surface area contributed by atoms with Crippen molar-refractivity contribution in [1.29, 1.82) is 0 Å². The number of nitrogens with zero attached hydrogens (tertiary/aromatic N) is 2. The molecule has 0 saturated carbocycles. The van der Waals surface area contributed by atoms with Crippen molar-refractivity contribution < 1.29 is 18.4 Å². The monoisotopic (exact) mass is 383 g/mol. The molecule has 5 nitrogen and oxygen atoms in total. The minimum absolute atomic E-state index is 0.102. The Kier molecular flexibility index (Phi) is 4.58. The fourth-order valence-electron chi connectivity index (χ4n) is 3.45. The van der Waals surface area contributed by atoms with E-state index >= 15 is 0 Å². The number of fused-ring (bicyclic) bond motifs is 1. The number of amides is 2. The Morgan fingerprint density at radius 3 is 2.21 bits per heavy atom. The highest BCUT2D eigenvalue weighted by atomic mass is 19.2. The lowest BCUT2D eigenvalue weighted by Gasteiger charge is -2.34. The predicted molar refractivity (Wildman–Crippen MR) is 101 cm³/mol. The van der Waals surface area contributed by atoms with Crippen LogP contribution in [0.2, 0.25) is 0 Å². The maximum Gasteiger partial charge on any atom is 0.270 e. The fraction of sp³-hybridized carbons (Fsp3) is 0.238. The van der Waals surface area contributed by atoms with Crippen LogP contribution in [0, 0.1) is 18.6 Å². The Labute approximate surface area is 160 Å². The molecule has 1 aromatic heterocycles. The van der Waals surface area contributed by atoms with Gasteiger partial charge in [-0.1, -0.05) is 12.1 Å². The van der Waals surface area contributed by atoms with Crippen molar-refractivity contribution in [2.24, 2.45) is 0 Å². The van der Waals surface area contributed by atoms with Gasteiger partial charge in [-0.05, 0) is 42.8 Å². The van der Waals surface area contributed by atoms with Crippen LogP contribution in [0.5, 0.6) is 0 Å². The molecule has 7 heteroatoms. The molecule has 0 bridgehead atoms. The summed E-state index contributed by atoms with van der Waals surface area (Å²) in [5.41, 5.74) is 2.64. The summed E-state index contributed by atoms with van der Waals surface area (Å²) in [6, 6.07) is 10.9. The summed E-state index contributed by atoms with van der Waals surface area (Å²) < 4.78 is 26.4. The topological polar surface area (TPSA) is 56.4 Å². The van der Waals surface area contributed by atoms with Crippen LogP contribution in [-0.4, -0.2) is 52.8 Å². The maximum absolute atomic E-state index is 13.4. The molecular weight excluding hydrogens is 364 g/mol. The van der Waals surface area contributed by atoms with Crippen LogP contribution >= 0.6 is 0 Å². The zero-order chi connectivity index (χ0) is 19.8. The van der Waals surface area contributed by atoms with Gasteiger partial charge in [0.05, 0.1) is 0 Å². The fourth-order valence-corrected chi connectivity index (χ4v) is 3.45. The summed E-state index contributed by atoms with van der Waals surface area (Å²) in [7, 11) is 0. The van der Waals surface area contributed by atoms with Gasteiger partial charge in [0, 0.05) is 42.6 Å². The van der Waals surface area contributed by atoms with Crippen molar-refractivity contribution in [1.82, 2.24) is 14.8 Å². The second-order valence-corrected chi connectivity index (χ2v) is 6.99. The highest BCUT2D eigenvalue weighted by Crippen LogP contribution is 2.19. The number of carbonyl (C=O) groups excluding carboxylic acids is 2. The quantitative estimate of drug-likeness (QED) is 0.738. The summed E-state index contributed by atoms with van der Waals surface area (Å²) in [5.74, 6) is -2.52. The van der Waals surface area contributed by atoms with Crippen LogP contribution in [0.4, 0.5) is 8.78 Å². The summed E-state index contributed by atoms with van der Waals surface area (Å²) in [6.07, 6.45) is 0. The number of nitrogens with one attached hydrogen (secondary N) is 1. The van der Waals surface area contributed by atoms with Crippen LogP contribution in [-0.2, 0) is 0 Å². The van der Waals surface area contributed by atoms with Gasteiger partial charge in [0.1, 0.15) is 5.69 Å². The zero-order valence-corrected chi connectivity index (χ0v) is 15.3. The van der Waals surface area contributed by atoms with E-state index in [0.29, 0.717) is 31.9 Å². The number of aryl methyl sites for hydroxylation is 1. The van der Waals surface area contributed by atoms with Gasteiger partial charge in [0.25, 0.3) is 11.8 Å². The Morgan fingerprint density at radius 1 is 0.857 bits per heavy atom. The second-order valence-electron chi connectivity index (χ2n) is 6.99. The van der Waals surface area contributed by atoms with E-state index in [1.807, 2.05) is 31.2 Å². The van der Waals surface area contributed by atoms with Crippen molar-refractivity contribution in [3.8, 4) is 0 Å². The van der Waals surface area contributed by atoms with Gasteiger partial charge in [-0.15, -0.1) is 0 Å². The molecule has 0 radical (unpaired) electrons. The minimum Gasteiger partial charge on any atom is -0.351 e. The van der Waals surface area contributed by atoms with E-state index in [1.165, 1.54) is 6.07 Å². The van der Waals surface area contributed by atoms with Crippen LogP contribution in [0.3, 0.4) is 0 Å². The van der Waals surface area contributed by atoms with Gasteiger partial charge >= 0.3 is 0 Å². The Bertz CT molecular complexity index is 1070. The number of halogens is 2. The normalized spacial score (nSPS) is 14.5. The Morgan fingerprint density at radius 2 is 1.54 bits per heavy atom. The lowest BCUT2D eigenvalue weighted by molar-refractivity contribution is 0.0532. The summed E-state index contributed by atoms with van der Waals surface area (Å²) >= 11 is 0. The third-order valence-electron chi connectivity index (χ3n) is 5.03. The van der Waals surface area contributed by atoms with E-state index in [-0.39, 0.29) is 17.4 Å². The molecular formula is C21H19F2N3O2. The smallest absolute Gasteiger partial charge is 0.270 e. The molecule has 28 heavy (non-hydrogen) atoms. The van der Waals surface area contributed by atoms with Crippen molar-refractivity contribution in [3.05, 3.63) is 70.9 Å². The van der Waals surface area contributed by atoms with Gasteiger partial charge in [-0.25, -0.2) is 8.78 Å². The third kappa shape index (κ3) is 3.35. The molecule has 0 aliphatic carbocycles. The number of benzene rings is 2. The first-order valence-electron chi connectivity index (χ1n) is 9.05. The molecule has 4 rings (SSSR count). The minimum atomic E-state index is -1.05. The lowest BCUT2D eigenvalue weighted by Crippen LogP contribution is -2.50. The van der Waals surface area contributed by atoms with Crippen LogP contribution in [0.15, 0.2) is 42.5 Å². The highest BCUT2D eigenvalue weighted by molar-refractivity contribution is 5.98. The van der Waals surface area contributed by atoms with E-state index in [9.17, 15) is 18.4 Å². The lowest BCUT2D eigenvalue weighted by atomic mass is 10.1. The van der Waals surface area contributed by atoms with Crippen LogP contribution < -0.4 is 0 Å². The molecule has 2 amide bonds. The number of aromatic nitrogens is 1. The molecule has 0 atom stereocenters. The number of H-pyrrole nitrogens is 1. The molecule has 2 heterocycles.